The Morgan fingerprint density at radius 1 is 0.378 bits per heavy atom. The van der Waals surface area contributed by atoms with E-state index in [0.717, 1.165) is 34.1 Å². The van der Waals surface area contributed by atoms with Crippen molar-refractivity contribution in [1.29, 1.82) is 0 Å². The standard InChI is InChI=1S/C70H53NOS2/c1-67(2,3)42-30-34-47-48-35-31-43(68(4,5)6)39-56(48)70(55(47)38-42)52-21-10-13-25-60(52)72-61-37-33-45(41-58(61)70)71(59-24-17-29-65-66(59)50-19-8-14-26-62(50)73-65)44-32-36-49-46-18-7-9-20-51(46)69(57(49)40-44)53-22-11-15-27-63(53)74-64-28-16-12-23-54(64)69/h7-41H,1-6H3. The van der Waals surface area contributed by atoms with Gasteiger partial charge < -0.3 is 9.64 Å². The number of nitrogens with zero attached hydrogens (tertiary/aromatic N) is 1. The van der Waals surface area contributed by atoms with Gasteiger partial charge in [0.25, 0.3) is 0 Å². The SMILES string of the molecule is CC(C)(C)c1ccc2c(c1)C1(c3ccccc3Oc3ccc(N(c4ccc5c(c4)C4(c6ccccc6Sc6ccccc64)c4ccccc4-5)c4cccc5sc6ccccc6c45)cc31)c1cc(C(C)(C)C)ccc1-2. The normalized spacial score (nSPS) is 14.9. The molecule has 0 saturated carbocycles. The van der Waals surface area contributed by atoms with E-state index in [9.17, 15) is 0 Å². The van der Waals surface area contributed by atoms with Gasteiger partial charge in [0, 0.05) is 52.5 Å². The maximum atomic E-state index is 7.17. The third kappa shape index (κ3) is 5.90. The number of hydrogen-bond acceptors (Lipinski definition) is 4. The summed E-state index contributed by atoms with van der Waals surface area (Å²) in [5, 5.41) is 2.52. The number of rotatable bonds is 3. The number of fused-ring (bicyclic) bond motifs is 21. The first-order valence-corrected chi connectivity index (χ1v) is 27.6. The second kappa shape index (κ2) is 15.5. The summed E-state index contributed by atoms with van der Waals surface area (Å²) in [5.41, 5.74) is 20.0. The van der Waals surface area contributed by atoms with Crippen LogP contribution in [-0.4, -0.2) is 0 Å². The summed E-state index contributed by atoms with van der Waals surface area (Å²) in [7, 11) is 0. The summed E-state index contributed by atoms with van der Waals surface area (Å²) >= 11 is 3.76. The molecule has 0 amide bonds. The number of anilines is 3. The molecule has 0 fully saturated rings. The lowest BCUT2D eigenvalue weighted by Crippen LogP contribution is -2.33. The van der Waals surface area contributed by atoms with Gasteiger partial charge in [0.05, 0.1) is 16.5 Å². The van der Waals surface area contributed by atoms with Crippen molar-refractivity contribution >= 4 is 60.3 Å². The maximum absolute atomic E-state index is 7.17. The molecule has 2 aliphatic carbocycles. The fourth-order valence-corrected chi connectivity index (χ4v) is 15.7. The molecule has 2 nitrogen and oxygen atoms in total. The van der Waals surface area contributed by atoms with Crippen LogP contribution in [0.3, 0.4) is 0 Å². The quantitative estimate of drug-likeness (QED) is 0.175. The van der Waals surface area contributed by atoms with Crippen molar-refractivity contribution in [1.82, 2.24) is 0 Å². The minimum atomic E-state index is -0.684. The molecule has 0 unspecified atom stereocenters. The van der Waals surface area contributed by atoms with Crippen LogP contribution in [0.5, 0.6) is 11.5 Å². The van der Waals surface area contributed by atoms with Crippen LogP contribution in [0, 0.1) is 0 Å². The molecule has 4 heteroatoms. The number of thiophene rings is 1. The molecule has 0 N–H and O–H groups in total. The summed E-state index contributed by atoms with van der Waals surface area (Å²) in [4.78, 5) is 5.16. The molecule has 356 valence electrons. The lowest BCUT2D eigenvalue weighted by atomic mass is 9.65. The molecule has 0 saturated heterocycles. The van der Waals surface area contributed by atoms with Crippen molar-refractivity contribution in [2.75, 3.05) is 4.90 Å². The van der Waals surface area contributed by atoms with Gasteiger partial charge in [-0.05, 0) is 144 Å². The molecule has 0 bridgehead atoms. The zero-order valence-electron chi connectivity index (χ0n) is 42.4. The van der Waals surface area contributed by atoms with Crippen LogP contribution in [0.4, 0.5) is 17.1 Å². The largest absolute Gasteiger partial charge is 0.457 e. The number of para-hydroxylation sites is 1. The van der Waals surface area contributed by atoms with Crippen LogP contribution in [0.25, 0.3) is 42.4 Å². The van der Waals surface area contributed by atoms with E-state index >= 15 is 0 Å². The Hall–Kier alpha value is -7.63. The van der Waals surface area contributed by atoms with Crippen LogP contribution < -0.4 is 9.64 Å². The van der Waals surface area contributed by atoms with Crippen molar-refractivity contribution in [3.05, 3.63) is 268 Å². The Morgan fingerprint density at radius 3 is 1.54 bits per heavy atom. The van der Waals surface area contributed by atoms with Gasteiger partial charge in [-0.15, -0.1) is 11.3 Å². The fraction of sp³-hybridized carbons (Fsp3) is 0.143. The Bertz CT molecular complexity index is 4090. The lowest BCUT2D eigenvalue weighted by molar-refractivity contribution is 0.436. The fourth-order valence-electron chi connectivity index (χ4n) is 13.4. The Kier molecular flexibility index (Phi) is 9.17. The van der Waals surface area contributed by atoms with Crippen LogP contribution >= 0.6 is 23.1 Å². The Balaban J connectivity index is 1.05. The van der Waals surface area contributed by atoms with E-state index in [-0.39, 0.29) is 10.8 Å². The summed E-state index contributed by atoms with van der Waals surface area (Å²) in [6.45, 7) is 14.0. The van der Waals surface area contributed by atoms with Gasteiger partial charge in [0.15, 0.2) is 0 Å². The topological polar surface area (TPSA) is 12.5 Å². The Labute approximate surface area is 442 Å². The van der Waals surface area contributed by atoms with Crippen LogP contribution in [-0.2, 0) is 21.7 Å². The number of ether oxygens (including phenoxy) is 1. The van der Waals surface area contributed by atoms with E-state index in [0.29, 0.717) is 0 Å². The zero-order valence-corrected chi connectivity index (χ0v) is 44.0. The van der Waals surface area contributed by atoms with Gasteiger partial charge in [-0.3, -0.25) is 0 Å². The maximum Gasteiger partial charge on any atom is 0.132 e. The van der Waals surface area contributed by atoms with Crippen molar-refractivity contribution in [3.63, 3.8) is 0 Å². The van der Waals surface area contributed by atoms with Crippen molar-refractivity contribution in [3.8, 4) is 33.8 Å². The molecule has 0 atom stereocenters. The molecular formula is C70H53NOS2. The third-order valence-corrected chi connectivity index (χ3v) is 19.0. The van der Waals surface area contributed by atoms with Gasteiger partial charge in [0.1, 0.15) is 11.5 Å². The first-order valence-electron chi connectivity index (χ1n) is 26.0. The third-order valence-electron chi connectivity index (χ3n) is 16.7. The molecule has 0 radical (unpaired) electrons. The minimum Gasteiger partial charge on any atom is -0.457 e. The van der Waals surface area contributed by atoms with Gasteiger partial charge in [-0.25, -0.2) is 0 Å². The molecule has 10 aromatic carbocycles. The first-order chi connectivity index (χ1) is 35.9. The molecule has 2 aliphatic heterocycles. The molecule has 4 aliphatic rings. The summed E-state index contributed by atoms with van der Waals surface area (Å²) in [5.74, 6) is 1.78. The van der Waals surface area contributed by atoms with Gasteiger partial charge in [-0.2, -0.15) is 0 Å². The van der Waals surface area contributed by atoms with E-state index in [1.54, 1.807) is 0 Å². The second-order valence-corrected chi connectivity index (χ2v) is 24.9. The summed E-state index contributed by atoms with van der Waals surface area (Å²) in [6, 6.07) is 80.9. The average molecular weight is 988 g/mol. The molecule has 2 spiro atoms. The highest BCUT2D eigenvalue weighted by molar-refractivity contribution is 7.99. The molecule has 1 aromatic heterocycles. The molecular weight excluding hydrogens is 935 g/mol. The van der Waals surface area contributed by atoms with Crippen molar-refractivity contribution in [2.45, 2.75) is 73.0 Å². The monoisotopic (exact) mass is 987 g/mol. The van der Waals surface area contributed by atoms with E-state index in [2.05, 4.69) is 259 Å². The van der Waals surface area contributed by atoms with Gasteiger partial charge in [0.2, 0.25) is 0 Å². The first kappa shape index (κ1) is 43.9. The predicted molar refractivity (Wildman–Crippen MR) is 310 cm³/mol. The molecule has 3 heterocycles. The highest BCUT2D eigenvalue weighted by atomic mass is 32.2. The van der Waals surface area contributed by atoms with E-state index in [1.165, 1.54) is 102 Å². The number of benzene rings is 10. The van der Waals surface area contributed by atoms with E-state index in [4.69, 9.17) is 4.74 Å². The van der Waals surface area contributed by atoms with E-state index < -0.39 is 10.8 Å². The van der Waals surface area contributed by atoms with Crippen LogP contribution in [0.15, 0.2) is 222 Å². The predicted octanol–water partition coefficient (Wildman–Crippen LogP) is 19.4. The van der Waals surface area contributed by atoms with E-state index in [1.807, 2.05) is 23.1 Å². The van der Waals surface area contributed by atoms with Crippen molar-refractivity contribution in [2.24, 2.45) is 0 Å². The van der Waals surface area contributed by atoms with Gasteiger partial charge in [-0.1, -0.05) is 199 Å². The summed E-state index contributed by atoms with van der Waals surface area (Å²) < 4.78 is 9.72. The van der Waals surface area contributed by atoms with Crippen molar-refractivity contribution < 1.29 is 4.74 Å². The van der Waals surface area contributed by atoms with Gasteiger partial charge >= 0.3 is 0 Å². The number of hydrogen-bond donors (Lipinski definition) is 0. The molecule has 74 heavy (non-hydrogen) atoms. The molecule has 11 aromatic rings. The molecule has 15 rings (SSSR count). The smallest absolute Gasteiger partial charge is 0.132 e. The highest BCUT2D eigenvalue weighted by Crippen LogP contribution is 2.66. The lowest BCUT2D eigenvalue weighted by Gasteiger charge is -2.41. The highest BCUT2D eigenvalue weighted by Gasteiger charge is 2.53. The minimum absolute atomic E-state index is 0.0711. The second-order valence-electron chi connectivity index (χ2n) is 22.8. The zero-order chi connectivity index (χ0) is 49.9. The average Bonchev–Trinajstić information content (AvgIpc) is 4.15. The van der Waals surface area contributed by atoms with Crippen LogP contribution in [0.2, 0.25) is 0 Å². The Morgan fingerprint density at radius 2 is 0.865 bits per heavy atom. The van der Waals surface area contributed by atoms with Crippen LogP contribution in [0.1, 0.15) is 97.2 Å². The summed E-state index contributed by atoms with van der Waals surface area (Å²) in [6.07, 6.45) is 0.